The molecule has 1 amide bonds. The van der Waals surface area contributed by atoms with E-state index < -0.39 is 6.09 Å². The average molecular weight is 211 g/mol. The maximum absolute atomic E-state index is 10.7. The molecule has 1 aromatic rings. The van der Waals surface area contributed by atoms with Crippen molar-refractivity contribution >= 4 is 23.4 Å². The van der Waals surface area contributed by atoms with Gasteiger partial charge in [0.1, 0.15) is 6.54 Å². The van der Waals surface area contributed by atoms with Crippen molar-refractivity contribution in [1.29, 1.82) is 5.26 Å². The number of nitrogens with zero attached hydrogens (tertiary/aromatic N) is 2. The fraction of sp³-hybridized carbons (Fsp3) is 0.111. The molecule has 1 aromatic carbocycles. The summed E-state index contributed by atoms with van der Waals surface area (Å²) < 4.78 is 0. The summed E-state index contributed by atoms with van der Waals surface area (Å²) in [6.45, 7) is -0.197. The van der Waals surface area contributed by atoms with Crippen molar-refractivity contribution < 1.29 is 9.90 Å². The molecule has 0 bridgehead atoms. The Morgan fingerprint density at radius 1 is 1.50 bits per heavy atom. The van der Waals surface area contributed by atoms with E-state index in [-0.39, 0.29) is 6.54 Å². The number of rotatable bonds is 2. The second-order valence-electron chi connectivity index (χ2n) is 2.50. The number of carbonyl (C=O) groups is 1. The summed E-state index contributed by atoms with van der Waals surface area (Å²) in [4.78, 5) is 11.7. The molecule has 14 heavy (non-hydrogen) atoms. The van der Waals surface area contributed by atoms with Gasteiger partial charge in [-0.15, -0.1) is 0 Å². The molecule has 1 rings (SSSR count). The van der Waals surface area contributed by atoms with Crippen LogP contribution in [0.25, 0.3) is 0 Å². The minimum atomic E-state index is -1.16. The van der Waals surface area contributed by atoms with Crippen LogP contribution in [-0.2, 0) is 0 Å². The second-order valence-corrected chi connectivity index (χ2v) is 2.94. The predicted octanol–water partition coefficient (Wildman–Crippen LogP) is 2.35. The summed E-state index contributed by atoms with van der Waals surface area (Å²) in [5.74, 6) is 0. The Morgan fingerprint density at radius 3 is 2.50 bits per heavy atom. The van der Waals surface area contributed by atoms with Crippen molar-refractivity contribution in [2.75, 3.05) is 11.4 Å². The van der Waals surface area contributed by atoms with Crippen LogP contribution in [0.5, 0.6) is 0 Å². The van der Waals surface area contributed by atoms with Crippen molar-refractivity contribution in [3.05, 3.63) is 29.3 Å². The smallest absolute Gasteiger partial charge is 0.412 e. The van der Waals surface area contributed by atoms with Crippen LogP contribution in [0.15, 0.2) is 24.3 Å². The van der Waals surface area contributed by atoms with E-state index in [0.717, 1.165) is 4.90 Å². The van der Waals surface area contributed by atoms with E-state index in [2.05, 4.69) is 0 Å². The van der Waals surface area contributed by atoms with Crippen LogP contribution in [0.4, 0.5) is 10.5 Å². The number of carboxylic acid groups (broad SMARTS) is 1. The first-order valence-electron chi connectivity index (χ1n) is 3.78. The largest absolute Gasteiger partial charge is 0.465 e. The summed E-state index contributed by atoms with van der Waals surface area (Å²) in [5.41, 5.74) is 0.434. The zero-order valence-corrected chi connectivity index (χ0v) is 7.90. The second kappa shape index (κ2) is 4.49. The van der Waals surface area contributed by atoms with Gasteiger partial charge in [0.25, 0.3) is 0 Å². The lowest BCUT2D eigenvalue weighted by atomic mass is 10.3. The van der Waals surface area contributed by atoms with Crippen molar-refractivity contribution in [3.63, 3.8) is 0 Å². The first-order chi connectivity index (χ1) is 6.65. The van der Waals surface area contributed by atoms with Crippen molar-refractivity contribution in [1.82, 2.24) is 0 Å². The molecule has 4 nitrogen and oxygen atoms in total. The van der Waals surface area contributed by atoms with E-state index in [1.54, 1.807) is 30.3 Å². The third-order valence-electron chi connectivity index (χ3n) is 1.60. The van der Waals surface area contributed by atoms with Gasteiger partial charge in [0, 0.05) is 10.7 Å². The molecule has 0 aromatic heterocycles. The van der Waals surface area contributed by atoms with E-state index in [1.807, 2.05) is 0 Å². The van der Waals surface area contributed by atoms with Crippen molar-refractivity contribution in [2.45, 2.75) is 0 Å². The van der Waals surface area contributed by atoms with Crippen molar-refractivity contribution in [3.8, 4) is 6.07 Å². The topological polar surface area (TPSA) is 64.3 Å². The molecule has 0 saturated carbocycles. The van der Waals surface area contributed by atoms with E-state index in [9.17, 15) is 4.79 Å². The summed E-state index contributed by atoms with van der Waals surface area (Å²) in [6, 6.07) is 8.02. The van der Waals surface area contributed by atoms with Gasteiger partial charge in [0.05, 0.1) is 6.07 Å². The maximum atomic E-state index is 10.7. The normalized spacial score (nSPS) is 9.14. The molecule has 0 radical (unpaired) electrons. The lowest BCUT2D eigenvalue weighted by Crippen LogP contribution is -2.29. The number of benzene rings is 1. The first kappa shape index (κ1) is 10.4. The van der Waals surface area contributed by atoms with Crippen LogP contribution in [0, 0.1) is 11.3 Å². The predicted molar refractivity (Wildman–Crippen MR) is 52.4 cm³/mol. The van der Waals surface area contributed by atoms with Crippen LogP contribution in [0.2, 0.25) is 5.02 Å². The number of nitriles is 1. The molecule has 0 heterocycles. The molecule has 0 saturated heterocycles. The van der Waals surface area contributed by atoms with Crippen LogP contribution < -0.4 is 4.90 Å². The zero-order valence-electron chi connectivity index (χ0n) is 7.14. The van der Waals surface area contributed by atoms with Gasteiger partial charge < -0.3 is 5.11 Å². The number of hydrogen-bond donors (Lipinski definition) is 1. The fourth-order valence-corrected chi connectivity index (χ4v) is 1.09. The summed E-state index contributed by atoms with van der Waals surface area (Å²) >= 11 is 5.64. The van der Waals surface area contributed by atoms with Crippen LogP contribution in [-0.4, -0.2) is 17.7 Å². The summed E-state index contributed by atoms with van der Waals surface area (Å²) in [5, 5.41) is 17.7. The highest BCUT2D eigenvalue weighted by Gasteiger charge is 2.12. The van der Waals surface area contributed by atoms with Crippen LogP contribution in [0.3, 0.4) is 0 Å². The lowest BCUT2D eigenvalue weighted by molar-refractivity contribution is 0.202. The molecular formula is C9H7ClN2O2. The van der Waals surface area contributed by atoms with E-state index >= 15 is 0 Å². The van der Waals surface area contributed by atoms with Gasteiger partial charge in [-0.3, -0.25) is 4.90 Å². The molecule has 0 spiro atoms. The summed E-state index contributed by atoms with van der Waals surface area (Å²) in [7, 11) is 0. The van der Waals surface area contributed by atoms with E-state index in [0.29, 0.717) is 10.7 Å². The Balaban J connectivity index is 2.95. The number of hydrogen-bond acceptors (Lipinski definition) is 2. The molecule has 0 unspecified atom stereocenters. The minimum Gasteiger partial charge on any atom is -0.465 e. The lowest BCUT2D eigenvalue weighted by Gasteiger charge is -2.15. The Labute approximate surface area is 85.9 Å². The number of amides is 1. The molecule has 0 aliphatic rings. The molecule has 5 heteroatoms. The van der Waals surface area contributed by atoms with Gasteiger partial charge in [-0.05, 0) is 24.3 Å². The van der Waals surface area contributed by atoms with Gasteiger partial charge in [0.2, 0.25) is 0 Å². The highest BCUT2D eigenvalue weighted by molar-refractivity contribution is 6.30. The molecule has 0 aliphatic heterocycles. The van der Waals surface area contributed by atoms with Gasteiger partial charge >= 0.3 is 6.09 Å². The van der Waals surface area contributed by atoms with Gasteiger partial charge in [-0.25, -0.2) is 4.79 Å². The fourth-order valence-electron chi connectivity index (χ4n) is 0.961. The maximum Gasteiger partial charge on any atom is 0.412 e. The Morgan fingerprint density at radius 2 is 2.07 bits per heavy atom. The van der Waals surface area contributed by atoms with Crippen LogP contribution >= 0.6 is 11.6 Å². The Kier molecular flexibility index (Phi) is 3.32. The van der Waals surface area contributed by atoms with Gasteiger partial charge in [-0.1, -0.05) is 11.6 Å². The molecule has 0 aliphatic carbocycles. The van der Waals surface area contributed by atoms with Gasteiger partial charge in [0.15, 0.2) is 0 Å². The number of anilines is 1. The van der Waals surface area contributed by atoms with E-state index in [4.69, 9.17) is 22.0 Å². The zero-order chi connectivity index (χ0) is 10.6. The molecule has 0 atom stereocenters. The highest BCUT2D eigenvalue weighted by atomic mass is 35.5. The molecule has 1 N–H and O–H groups in total. The third kappa shape index (κ3) is 2.38. The van der Waals surface area contributed by atoms with Gasteiger partial charge in [-0.2, -0.15) is 5.26 Å². The monoisotopic (exact) mass is 210 g/mol. The van der Waals surface area contributed by atoms with Crippen molar-refractivity contribution in [2.24, 2.45) is 0 Å². The molecule has 72 valence electrons. The SMILES string of the molecule is N#CCN(C(=O)O)c1ccc(Cl)cc1. The third-order valence-corrected chi connectivity index (χ3v) is 1.85. The standard InChI is InChI=1S/C9H7ClN2O2/c10-7-1-3-8(4-2-7)12(6-5-11)9(13)14/h1-4H,6H2,(H,13,14). The highest BCUT2D eigenvalue weighted by Crippen LogP contribution is 2.17. The average Bonchev–Trinajstić information content (AvgIpc) is 2.15. The molecule has 0 fully saturated rings. The minimum absolute atomic E-state index is 0.197. The van der Waals surface area contributed by atoms with E-state index in [1.165, 1.54) is 0 Å². The quantitative estimate of drug-likeness (QED) is 0.762. The molecular weight excluding hydrogens is 204 g/mol. The Hall–Kier alpha value is -1.73. The van der Waals surface area contributed by atoms with Crippen LogP contribution in [0.1, 0.15) is 0 Å². The summed E-state index contributed by atoms with van der Waals surface area (Å²) in [6.07, 6.45) is -1.16. The number of halogens is 1. The first-order valence-corrected chi connectivity index (χ1v) is 4.16. The Bertz CT molecular complexity index is 369.